The molecular formula is C8H6F3NO3. The number of nitrogens with one attached hydrogen (secondary N) is 1. The Kier molecular flexibility index (Phi) is 2.83. The van der Waals surface area contributed by atoms with Crippen LogP contribution in [-0.2, 0) is 17.4 Å². The van der Waals surface area contributed by atoms with E-state index in [4.69, 9.17) is 5.11 Å². The molecule has 0 aromatic carbocycles. The van der Waals surface area contributed by atoms with Crippen molar-refractivity contribution in [3.05, 3.63) is 33.7 Å². The van der Waals surface area contributed by atoms with E-state index in [1.807, 2.05) is 4.98 Å². The molecule has 0 saturated heterocycles. The highest BCUT2D eigenvalue weighted by Crippen LogP contribution is 2.30. The zero-order valence-electron chi connectivity index (χ0n) is 7.26. The Bertz CT molecular complexity index is 435. The first-order valence-electron chi connectivity index (χ1n) is 3.81. The van der Waals surface area contributed by atoms with Gasteiger partial charge < -0.3 is 10.1 Å². The van der Waals surface area contributed by atoms with Crippen LogP contribution in [0.3, 0.4) is 0 Å². The van der Waals surface area contributed by atoms with E-state index in [1.54, 1.807) is 0 Å². The van der Waals surface area contributed by atoms with Gasteiger partial charge in [-0.3, -0.25) is 9.59 Å². The van der Waals surface area contributed by atoms with Crippen LogP contribution in [0.25, 0.3) is 0 Å². The molecule has 0 aliphatic rings. The summed E-state index contributed by atoms with van der Waals surface area (Å²) in [6, 6.07) is 0.636. The summed E-state index contributed by atoms with van der Waals surface area (Å²) in [5.41, 5.74) is -2.44. The van der Waals surface area contributed by atoms with E-state index in [0.717, 1.165) is 0 Å². The van der Waals surface area contributed by atoms with Gasteiger partial charge in [0.05, 0.1) is 12.0 Å². The number of carboxylic acid groups (broad SMARTS) is 1. The molecule has 0 saturated carbocycles. The van der Waals surface area contributed by atoms with Gasteiger partial charge in [-0.1, -0.05) is 0 Å². The maximum Gasteiger partial charge on any atom is 0.418 e. The molecule has 2 N–H and O–H groups in total. The van der Waals surface area contributed by atoms with Gasteiger partial charge >= 0.3 is 12.1 Å². The summed E-state index contributed by atoms with van der Waals surface area (Å²) in [5, 5.41) is 8.37. The van der Waals surface area contributed by atoms with Gasteiger partial charge in [-0.15, -0.1) is 0 Å². The minimum atomic E-state index is -4.67. The van der Waals surface area contributed by atoms with E-state index >= 15 is 0 Å². The Morgan fingerprint density at radius 1 is 1.47 bits per heavy atom. The van der Waals surface area contributed by atoms with Crippen molar-refractivity contribution in [2.24, 2.45) is 0 Å². The smallest absolute Gasteiger partial charge is 0.418 e. The van der Waals surface area contributed by atoms with E-state index in [2.05, 4.69) is 0 Å². The third-order valence-electron chi connectivity index (χ3n) is 1.66. The number of hydrogen-bond donors (Lipinski definition) is 2. The Balaban J connectivity index is 3.26. The molecule has 4 nitrogen and oxygen atoms in total. The zero-order valence-corrected chi connectivity index (χ0v) is 7.26. The quantitative estimate of drug-likeness (QED) is 0.783. The number of aromatic amines is 1. The molecule has 1 aromatic rings. The van der Waals surface area contributed by atoms with Gasteiger partial charge in [0.1, 0.15) is 0 Å². The lowest BCUT2D eigenvalue weighted by molar-refractivity contribution is -0.139. The van der Waals surface area contributed by atoms with Crippen molar-refractivity contribution in [1.29, 1.82) is 0 Å². The molecule has 0 amide bonds. The highest BCUT2D eigenvalue weighted by atomic mass is 19.4. The van der Waals surface area contributed by atoms with Crippen LogP contribution >= 0.6 is 0 Å². The molecular weight excluding hydrogens is 215 g/mol. The van der Waals surface area contributed by atoms with E-state index in [1.165, 1.54) is 0 Å². The second-order valence-corrected chi connectivity index (χ2v) is 2.80. The van der Waals surface area contributed by atoms with Gasteiger partial charge in [0.25, 0.3) is 0 Å². The van der Waals surface area contributed by atoms with E-state index in [0.29, 0.717) is 12.3 Å². The fourth-order valence-electron chi connectivity index (χ4n) is 1.09. The standard InChI is InChI=1S/C8H6F3NO3/c9-8(10,11)5-3-12-6(13)1-4(5)2-7(14)15/h1,3H,2H2,(H,12,13)(H,14,15). The van der Waals surface area contributed by atoms with Crippen molar-refractivity contribution >= 4 is 5.97 Å². The first-order chi connectivity index (χ1) is 6.80. The number of carbonyl (C=O) groups is 1. The molecule has 0 aliphatic heterocycles. The van der Waals surface area contributed by atoms with E-state index in [9.17, 15) is 22.8 Å². The van der Waals surface area contributed by atoms with Crippen molar-refractivity contribution < 1.29 is 23.1 Å². The number of H-pyrrole nitrogens is 1. The Morgan fingerprint density at radius 3 is 2.53 bits per heavy atom. The minimum Gasteiger partial charge on any atom is -0.481 e. The fourth-order valence-corrected chi connectivity index (χ4v) is 1.09. The van der Waals surface area contributed by atoms with Gasteiger partial charge in [-0.2, -0.15) is 13.2 Å². The molecule has 0 radical (unpaired) electrons. The molecule has 0 fully saturated rings. The summed E-state index contributed by atoms with van der Waals surface area (Å²) in [6.45, 7) is 0. The lowest BCUT2D eigenvalue weighted by Gasteiger charge is -2.10. The molecule has 1 heterocycles. The van der Waals surface area contributed by atoms with Gasteiger partial charge in [-0.05, 0) is 5.56 Å². The third-order valence-corrected chi connectivity index (χ3v) is 1.66. The highest BCUT2D eigenvalue weighted by molar-refractivity contribution is 5.70. The molecule has 0 aliphatic carbocycles. The molecule has 0 spiro atoms. The van der Waals surface area contributed by atoms with E-state index < -0.39 is 35.3 Å². The number of pyridine rings is 1. The van der Waals surface area contributed by atoms with Gasteiger partial charge in [0.2, 0.25) is 5.56 Å². The predicted octanol–water partition coefficient (Wildman–Crippen LogP) is 1.02. The number of aliphatic carboxylic acids is 1. The van der Waals surface area contributed by atoms with Crippen LogP contribution in [0.4, 0.5) is 13.2 Å². The molecule has 1 rings (SSSR count). The zero-order chi connectivity index (χ0) is 11.6. The summed E-state index contributed by atoms with van der Waals surface area (Å²) >= 11 is 0. The second-order valence-electron chi connectivity index (χ2n) is 2.80. The lowest BCUT2D eigenvalue weighted by Crippen LogP contribution is -2.17. The van der Waals surface area contributed by atoms with Crippen molar-refractivity contribution in [2.45, 2.75) is 12.6 Å². The van der Waals surface area contributed by atoms with Crippen LogP contribution in [0.1, 0.15) is 11.1 Å². The first-order valence-corrected chi connectivity index (χ1v) is 3.81. The number of rotatable bonds is 2. The number of hydrogen-bond acceptors (Lipinski definition) is 2. The van der Waals surface area contributed by atoms with Crippen LogP contribution in [-0.4, -0.2) is 16.1 Å². The average molecular weight is 221 g/mol. The van der Waals surface area contributed by atoms with Crippen molar-refractivity contribution in [2.75, 3.05) is 0 Å². The molecule has 0 atom stereocenters. The summed E-state index contributed by atoms with van der Waals surface area (Å²) in [7, 11) is 0. The van der Waals surface area contributed by atoms with Crippen LogP contribution in [0.15, 0.2) is 17.1 Å². The Morgan fingerprint density at radius 2 is 2.07 bits per heavy atom. The van der Waals surface area contributed by atoms with Crippen LogP contribution in [0.5, 0.6) is 0 Å². The van der Waals surface area contributed by atoms with Crippen molar-refractivity contribution in [1.82, 2.24) is 4.98 Å². The molecule has 7 heteroatoms. The van der Waals surface area contributed by atoms with Crippen LogP contribution in [0.2, 0.25) is 0 Å². The lowest BCUT2D eigenvalue weighted by atomic mass is 10.1. The largest absolute Gasteiger partial charge is 0.481 e. The molecule has 82 valence electrons. The Hall–Kier alpha value is -1.79. The van der Waals surface area contributed by atoms with Gasteiger partial charge in [0.15, 0.2) is 0 Å². The number of aromatic nitrogens is 1. The van der Waals surface area contributed by atoms with Gasteiger partial charge in [-0.25, -0.2) is 0 Å². The maximum atomic E-state index is 12.3. The molecule has 15 heavy (non-hydrogen) atoms. The summed E-state index contributed by atoms with van der Waals surface area (Å²) in [4.78, 5) is 22.9. The Labute approximate surface area is 81.4 Å². The highest BCUT2D eigenvalue weighted by Gasteiger charge is 2.34. The van der Waals surface area contributed by atoms with Crippen LogP contribution in [0, 0.1) is 0 Å². The summed E-state index contributed by atoms with van der Waals surface area (Å²) < 4.78 is 36.9. The second kappa shape index (κ2) is 3.76. The molecule has 0 unspecified atom stereocenters. The minimum absolute atomic E-state index is 0.473. The average Bonchev–Trinajstić information content (AvgIpc) is 1.99. The van der Waals surface area contributed by atoms with E-state index in [-0.39, 0.29) is 0 Å². The van der Waals surface area contributed by atoms with Crippen molar-refractivity contribution in [3.8, 4) is 0 Å². The number of halogens is 3. The summed E-state index contributed by atoms with van der Waals surface area (Å²) in [6.07, 6.45) is -5.03. The monoisotopic (exact) mass is 221 g/mol. The van der Waals surface area contributed by atoms with Crippen LogP contribution < -0.4 is 5.56 Å². The first kappa shape index (κ1) is 11.3. The SMILES string of the molecule is O=C(O)Cc1cc(=O)[nH]cc1C(F)(F)F. The predicted molar refractivity (Wildman–Crippen MR) is 43.4 cm³/mol. The fraction of sp³-hybridized carbons (Fsp3) is 0.250. The number of carboxylic acids is 1. The molecule has 1 aromatic heterocycles. The van der Waals surface area contributed by atoms with Crippen molar-refractivity contribution in [3.63, 3.8) is 0 Å². The molecule has 0 bridgehead atoms. The topological polar surface area (TPSA) is 70.2 Å². The maximum absolute atomic E-state index is 12.3. The number of alkyl halides is 3. The van der Waals surface area contributed by atoms with Gasteiger partial charge in [0, 0.05) is 12.3 Å². The normalized spacial score (nSPS) is 11.4. The third kappa shape index (κ3) is 2.83. The summed E-state index contributed by atoms with van der Waals surface area (Å²) in [5.74, 6) is -1.42.